The van der Waals surface area contributed by atoms with Crippen molar-refractivity contribution in [3.63, 3.8) is 0 Å². The molecular weight excluding hydrogens is 718 g/mol. The highest BCUT2D eigenvalue weighted by molar-refractivity contribution is 6.06. The minimum atomic E-state index is -1.79. The summed E-state index contributed by atoms with van der Waals surface area (Å²) in [7, 11) is 1.21. The molecule has 55 heavy (non-hydrogen) atoms. The molecule has 2 aromatic rings. The number of rotatable bonds is 9. The SMILES string of the molecule is COC(=O)CN1C(=O)CCc2ccc(N3CCOC(C(OC(C)=O)C(=O)Nc4ccc(C#N)c(CN(C(=O)OC(C)(C)C)C(=O)OC(C)(C)C)c4)C3=O)cc21. The zero-order valence-electron chi connectivity index (χ0n) is 32.0. The molecule has 2 heterocycles. The van der Waals surface area contributed by atoms with Gasteiger partial charge in [-0.1, -0.05) is 6.07 Å². The summed E-state index contributed by atoms with van der Waals surface area (Å²) in [5.74, 6) is -3.48. The van der Waals surface area contributed by atoms with Gasteiger partial charge in [-0.15, -0.1) is 0 Å². The maximum absolute atomic E-state index is 14.0. The van der Waals surface area contributed by atoms with Crippen molar-refractivity contribution in [3.05, 3.63) is 53.1 Å². The minimum Gasteiger partial charge on any atom is -0.468 e. The predicted molar refractivity (Wildman–Crippen MR) is 195 cm³/mol. The second kappa shape index (κ2) is 17.0. The van der Waals surface area contributed by atoms with Gasteiger partial charge in [0.05, 0.1) is 31.9 Å². The lowest BCUT2D eigenvalue weighted by Gasteiger charge is -2.36. The van der Waals surface area contributed by atoms with Gasteiger partial charge < -0.3 is 38.8 Å². The van der Waals surface area contributed by atoms with Crippen LogP contribution >= 0.6 is 0 Å². The molecule has 0 aromatic heterocycles. The molecule has 17 nitrogen and oxygen atoms in total. The molecule has 1 N–H and O–H groups in total. The number of morpholine rings is 1. The van der Waals surface area contributed by atoms with Gasteiger partial charge in [0.15, 0.2) is 6.10 Å². The normalized spacial score (nSPS) is 16.2. The van der Waals surface area contributed by atoms with E-state index in [-0.39, 0.29) is 48.8 Å². The lowest BCUT2D eigenvalue weighted by molar-refractivity contribution is -0.167. The number of carbonyl (C=O) groups is 7. The molecule has 2 aromatic carbocycles. The summed E-state index contributed by atoms with van der Waals surface area (Å²) in [5, 5.41) is 12.4. The zero-order chi connectivity index (χ0) is 40.8. The van der Waals surface area contributed by atoms with Crippen molar-refractivity contribution in [3.8, 4) is 6.07 Å². The molecule has 0 saturated carbocycles. The van der Waals surface area contributed by atoms with Gasteiger partial charge in [0.1, 0.15) is 17.7 Å². The van der Waals surface area contributed by atoms with Gasteiger partial charge in [-0.3, -0.25) is 24.0 Å². The molecule has 0 spiro atoms. The molecular formula is C38H45N5O12. The Balaban J connectivity index is 1.61. The Morgan fingerprint density at radius 1 is 0.982 bits per heavy atom. The third-order valence-corrected chi connectivity index (χ3v) is 8.09. The number of hydrogen-bond acceptors (Lipinski definition) is 13. The van der Waals surface area contributed by atoms with Gasteiger partial charge in [0, 0.05) is 37.0 Å². The summed E-state index contributed by atoms with van der Waals surface area (Å²) < 4.78 is 26.7. The summed E-state index contributed by atoms with van der Waals surface area (Å²) in [6, 6.07) is 11.1. The van der Waals surface area contributed by atoms with Crippen LogP contribution in [0.25, 0.3) is 0 Å². The van der Waals surface area contributed by atoms with Gasteiger partial charge >= 0.3 is 24.1 Å². The monoisotopic (exact) mass is 763 g/mol. The molecule has 2 unspecified atom stereocenters. The zero-order valence-corrected chi connectivity index (χ0v) is 32.0. The van der Waals surface area contributed by atoms with Crippen LogP contribution in [-0.4, -0.2) is 97.0 Å². The van der Waals surface area contributed by atoms with Crippen LogP contribution in [0.4, 0.5) is 26.7 Å². The Morgan fingerprint density at radius 3 is 2.22 bits per heavy atom. The van der Waals surface area contributed by atoms with Gasteiger partial charge in [-0.2, -0.15) is 5.26 Å². The number of aryl methyl sites for hydroxylation is 1. The van der Waals surface area contributed by atoms with Gasteiger partial charge in [-0.25, -0.2) is 14.5 Å². The van der Waals surface area contributed by atoms with Crippen LogP contribution in [0.15, 0.2) is 36.4 Å². The smallest absolute Gasteiger partial charge is 0.420 e. The quantitative estimate of drug-likeness (QED) is 0.283. The lowest BCUT2D eigenvalue weighted by Crippen LogP contribution is -2.56. The van der Waals surface area contributed by atoms with Gasteiger partial charge in [0.2, 0.25) is 12.0 Å². The fourth-order valence-corrected chi connectivity index (χ4v) is 5.70. The van der Waals surface area contributed by atoms with E-state index in [1.165, 1.54) is 35.1 Å². The van der Waals surface area contributed by atoms with E-state index in [1.54, 1.807) is 59.7 Å². The van der Waals surface area contributed by atoms with Crippen molar-refractivity contribution in [1.29, 1.82) is 5.26 Å². The molecule has 2 atom stereocenters. The van der Waals surface area contributed by atoms with Crippen LogP contribution in [0.2, 0.25) is 0 Å². The number of fused-ring (bicyclic) bond motifs is 1. The van der Waals surface area contributed by atoms with Crippen molar-refractivity contribution in [2.45, 2.75) is 91.3 Å². The first-order valence-electron chi connectivity index (χ1n) is 17.4. The highest BCUT2D eigenvalue weighted by atomic mass is 16.6. The van der Waals surface area contributed by atoms with Crippen LogP contribution in [0.5, 0.6) is 0 Å². The number of anilines is 3. The van der Waals surface area contributed by atoms with E-state index >= 15 is 0 Å². The third kappa shape index (κ3) is 10.8. The number of ether oxygens (including phenoxy) is 5. The van der Waals surface area contributed by atoms with E-state index in [1.807, 2.05) is 6.07 Å². The van der Waals surface area contributed by atoms with Crippen LogP contribution in [-0.2, 0) is 60.6 Å². The largest absolute Gasteiger partial charge is 0.468 e. The Morgan fingerprint density at radius 2 is 1.64 bits per heavy atom. The number of nitrogens with zero attached hydrogens (tertiary/aromatic N) is 4. The number of nitriles is 1. The van der Waals surface area contributed by atoms with Gasteiger partial charge in [-0.05, 0) is 89.4 Å². The molecule has 0 radical (unpaired) electrons. The van der Waals surface area contributed by atoms with Crippen molar-refractivity contribution < 1.29 is 57.2 Å². The van der Waals surface area contributed by atoms with Crippen LogP contribution in [0, 0.1) is 11.3 Å². The maximum atomic E-state index is 14.0. The third-order valence-electron chi connectivity index (χ3n) is 8.09. The fourth-order valence-electron chi connectivity index (χ4n) is 5.70. The molecule has 2 aliphatic rings. The number of carbonyl (C=O) groups excluding carboxylic acids is 7. The number of hydrogen-bond donors (Lipinski definition) is 1. The number of esters is 2. The number of imide groups is 1. The average molecular weight is 764 g/mol. The van der Waals surface area contributed by atoms with E-state index in [0.29, 0.717) is 22.7 Å². The Labute approximate surface area is 318 Å². The average Bonchev–Trinajstić information content (AvgIpc) is 3.09. The first kappa shape index (κ1) is 41.7. The molecule has 1 saturated heterocycles. The van der Waals surface area contributed by atoms with Crippen LogP contribution in [0.1, 0.15) is 71.6 Å². The topological polar surface area (TPSA) is 211 Å². The predicted octanol–water partition coefficient (Wildman–Crippen LogP) is 3.98. The van der Waals surface area contributed by atoms with E-state index in [2.05, 4.69) is 5.32 Å². The van der Waals surface area contributed by atoms with Crippen molar-refractivity contribution >= 4 is 58.9 Å². The lowest BCUT2D eigenvalue weighted by atomic mass is 9.99. The molecule has 17 heteroatoms. The molecule has 294 valence electrons. The van der Waals surface area contributed by atoms with Gasteiger partial charge in [0.25, 0.3) is 11.8 Å². The summed E-state index contributed by atoms with van der Waals surface area (Å²) in [5.41, 5.74) is -0.144. The second-order valence-corrected chi connectivity index (χ2v) is 14.7. The molecule has 2 aliphatic heterocycles. The van der Waals surface area contributed by atoms with Crippen molar-refractivity contribution in [2.24, 2.45) is 0 Å². The summed E-state index contributed by atoms with van der Waals surface area (Å²) in [4.78, 5) is 94.5. The molecule has 1 fully saturated rings. The summed E-state index contributed by atoms with van der Waals surface area (Å²) in [6.07, 6.45) is -4.84. The highest BCUT2D eigenvalue weighted by Gasteiger charge is 2.43. The molecule has 4 rings (SSSR count). The van der Waals surface area contributed by atoms with Crippen LogP contribution < -0.4 is 15.1 Å². The first-order chi connectivity index (χ1) is 25.7. The van der Waals surface area contributed by atoms with E-state index in [4.69, 9.17) is 23.7 Å². The van der Waals surface area contributed by atoms with Crippen molar-refractivity contribution in [1.82, 2.24) is 4.90 Å². The Hall–Kier alpha value is -6.02. The number of benzene rings is 2. The number of nitrogens with one attached hydrogen (secondary N) is 1. The van der Waals surface area contributed by atoms with Crippen molar-refractivity contribution in [2.75, 3.05) is 41.9 Å². The Kier molecular flexibility index (Phi) is 12.9. The van der Waals surface area contributed by atoms with E-state index < -0.39 is 65.9 Å². The highest BCUT2D eigenvalue weighted by Crippen LogP contribution is 2.33. The maximum Gasteiger partial charge on any atom is 0.420 e. The molecule has 5 amide bonds. The minimum absolute atomic E-state index is 0.0538. The molecule has 0 aliphatic carbocycles. The summed E-state index contributed by atoms with van der Waals surface area (Å²) in [6.45, 7) is 9.95. The second-order valence-electron chi connectivity index (χ2n) is 14.7. The fraction of sp³-hybridized carbons (Fsp3) is 0.474. The molecule has 0 bridgehead atoms. The van der Waals surface area contributed by atoms with Crippen LogP contribution in [0.3, 0.4) is 0 Å². The van der Waals surface area contributed by atoms with E-state index in [9.17, 15) is 38.8 Å². The number of methoxy groups -OCH3 is 1. The van der Waals surface area contributed by atoms with E-state index in [0.717, 1.165) is 12.5 Å². The Bertz CT molecular complexity index is 1880. The first-order valence-corrected chi connectivity index (χ1v) is 17.4. The number of amides is 5. The summed E-state index contributed by atoms with van der Waals surface area (Å²) >= 11 is 0. The standard InChI is InChI=1S/C38H45N5O12/c1-22(44)53-31(32-34(48)41(15-16-52-32)27-13-10-23-11-14-29(45)42(28(23)18-27)21-30(46)51-8)33(47)40-26-12-9-24(19-39)25(17-26)20-43(35(49)54-37(2,3)4)36(50)55-38(5,6)7/h9-10,12-13,17-18,31-32H,11,14-16,20-21H2,1-8H3,(H,40,47).